The number of benzene rings is 1. The van der Waals surface area contributed by atoms with Crippen molar-refractivity contribution in [2.75, 3.05) is 13.2 Å². The van der Waals surface area contributed by atoms with Crippen molar-refractivity contribution in [1.29, 1.82) is 0 Å². The molecule has 0 aromatic heterocycles. The minimum Gasteiger partial charge on any atom is -0.462 e. The molecule has 0 fully saturated rings. The first-order valence-electron chi connectivity index (χ1n) is 5.90. The maximum Gasteiger partial charge on any atom is 0.338 e. The fourth-order valence-electron chi connectivity index (χ4n) is 1.70. The number of esters is 1. The third-order valence-corrected chi connectivity index (χ3v) is 2.91. The summed E-state index contributed by atoms with van der Waals surface area (Å²) in [5.74, 6) is -0.293. The first-order chi connectivity index (χ1) is 8.01. The molecule has 1 aromatic carbocycles. The van der Waals surface area contributed by atoms with Gasteiger partial charge >= 0.3 is 5.97 Å². The quantitative estimate of drug-likeness (QED) is 0.799. The molecule has 3 nitrogen and oxygen atoms in total. The van der Waals surface area contributed by atoms with Gasteiger partial charge in [-0.2, -0.15) is 0 Å². The average Bonchev–Trinajstić information content (AvgIpc) is 2.29. The molecule has 0 saturated carbocycles. The summed E-state index contributed by atoms with van der Waals surface area (Å²) in [6.07, 6.45) is 0.700. The van der Waals surface area contributed by atoms with Gasteiger partial charge in [-0.3, -0.25) is 0 Å². The van der Waals surface area contributed by atoms with Crippen LogP contribution in [0.5, 0.6) is 0 Å². The highest BCUT2D eigenvalue weighted by molar-refractivity contribution is 5.89. The van der Waals surface area contributed by atoms with Gasteiger partial charge in [0.05, 0.1) is 12.2 Å². The zero-order chi connectivity index (χ0) is 12.9. The summed E-state index contributed by atoms with van der Waals surface area (Å²) in [4.78, 5) is 11.5. The standard InChI is InChI=1S/C14H20O3/c1-4-17-13(16)11-5-7-12(8-6-11)14(2,3)9-10-15/h5-8,15H,4,9-10H2,1-3H3. The van der Waals surface area contributed by atoms with Gasteiger partial charge in [0.25, 0.3) is 0 Å². The third kappa shape index (κ3) is 3.56. The second-order valence-electron chi connectivity index (χ2n) is 4.66. The summed E-state index contributed by atoms with van der Waals surface area (Å²) in [6.45, 7) is 6.48. The number of hydrogen-bond acceptors (Lipinski definition) is 3. The highest BCUT2D eigenvalue weighted by Crippen LogP contribution is 2.26. The Morgan fingerprint density at radius 3 is 2.35 bits per heavy atom. The number of aliphatic hydroxyl groups is 1. The van der Waals surface area contributed by atoms with Crippen LogP contribution >= 0.6 is 0 Å². The Morgan fingerprint density at radius 1 is 1.29 bits per heavy atom. The van der Waals surface area contributed by atoms with Crippen LogP contribution in [0.4, 0.5) is 0 Å². The minimum absolute atomic E-state index is 0.0814. The van der Waals surface area contributed by atoms with E-state index in [0.717, 1.165) is 5.56 Å². The molecule has 94 valence electrons. The van der Waals surface area contributed by atoms with Crippen molar-refractivity contribution in [1.82, 2.24) is 0 Å². The molecule has 0 heterocycles. The molecule has 1 rings (SSSR count). The molecule has 0 aliphatic heterocycles. The van der Waals surface area contributed by atoms with Crippen LogP contribution in [0, 0.1) is 0 Å². The van der Waals surface area contributed by atoms with E-state index in [9.17, 15) is 4.79 Å². The smallest absolute Gasteiger partial charge is 0.338 e. The summed E-state index contributed by atoms with van der Waals surface area (Å²) in [7, 11) is 0. The van der Waals surface area contributed by atoms with Gasteiger partial charge in [0.15, 0.2) is 0 Å². The normalized spacial score (nSPS) is 11.3. The molecule has 1 aromatic rings. The molecule has 0 amide bonds. The zero-order valence-corrected chi connectivity index (χ0v) is 10.7. The predicted molar refractivity (Wildman–Crippen MR) is 67.1 cm³/mol. The van der Waals surface area contributed by atoms with Crippen LogP contribution in [0.1, 0.15) is 43.1 Å². The van der Waals surface area contributed by atoms with Crippen LogP contribution in [-0.4, -0.2) is 24.3 Å². The molecule has 0 saturated heterocycles. The second kappa shape index (κ2) is 5.82. The van der Waals surface area contributed by atoms with Gasteiger partial charge in [-0.1, -0.05) is 26.0 Å². The summed E-state index contributed by atoms with van der Waals surface area (Å²) in [5.41, 5.74) is 1.59. The van der Waals surface area contributed by atoms with Crippen LogP contribution in [0.15, 0.2) is 24.3 Å². The highest BCUT2D eigenvalue weighted by atomic mass is 16.5. The summed E-state index contributed by atoms with van der Waals surface area (Å²) in [5, 5.41) is 9.00. The van der Waals surface area contributed by atoms with Crippen molar-refractivity contribution in [3.05, 3.63) is 35.4 Å². The molecule has 0 aliphatic carbocycles. The van der Waals surface area contributed by atoms with E-state index >= 15 is 0 Å². The second-order valence-corrected chi connectivity index (χ2v) is 4.66. The lowest BCUT2D eigenvalue weighted by Gasteiger charge is -2.24. The van der Waals surface area contributed by atoms with Crippen LogP contribution in [-0.2, 0) is 10.2 Å². The fraction of sp³-hybridized carbons (Fsp3) is 0.500. The minimum atomic E-state index is -0.293. The molecule has 0 spiro atoms. The van der Waals surface area contributed by atoms with E-state index in [4.69, 9.17) is 9.84 Å². The highest BCUT2D eigenvalue weighted by Gasteiger charge is 2.20. The number of rotatable bonds is 5. The van der Waals surface area contributed by atoms with Crippen LogP contribution in [0.25, 0.3) is 0 Å². The monoisotopic (exact) mass is 236 g/mol. The number of carbonyl (C=O) groups is 1. The number of ether oxygens (including phenoxy) is 1. The first-order valence-corrected chi connectivity index (χ1v) is 5.90. The lowest BCUT2D eigenvalue weighted by Crippen LogP contribution is -2.19. The van der Waals surface area contributed by atoms with E-state index < -0.39 is 0 Å². The van der Waals surface area contributed by atoms with Gasteiger partial charge in [-0.15, -0.1) is 0 Å². The first kappa shape index (κ1) is 13.7. The Balaban J connectivity index is 2.84. The molecular formula is C14H20O3. The lowest BCUT2D eigenvalue weighted by molar-refractivity contribution is 0.0526. The molecule has 0 atom stereocenters. The maximum atomic E-state index is 11.5. The van der Waals surface area contributed by atoms with Gasteiger partial charge in [-0.05, 0) is 36.5 Å². The SMILES string of the molecule is CCOC(=O)c1ccc(C(C)(C)CCO)cc1. The van der Waals surface area contributed by atoms with Crippen molar-refractivity contribution in [2.24, 2.45) is 0 Å². The van der Waals surface area contributed by atoms with Crippen molar-refractivity contribution in [2.45, 2.75) is 32.6 Å². The topological polar surface area (TPSA) is 46.5 Å². The van der Waals surface area contributed by atoms with Crippen molar-refractivity contribution < 1.29 is 14.6 Å². The van der Waals surface area contributed by atoms with E-state index in [1.165, 1.54) is 0 Å². The summed E-state index contributed by atoms with van der Waals surface area (Å²) >= 11 is 0. The van der Waals surface area contributed by atoms with E-state index in [0.29, 0.717) is 18.6 Å². The van der Waals surface area contributed by atoms with Gasteiger partial charge in [0.1, 0.15) is 0 Å². The number of hydrogen-bond donors (Lipinski definition) is 1. The third-order valence-electron chi connectivity index (χ3n) is 2.91. The molecule has 0 aliphatic rings. The zero-order valence-electron chi connectivity index (χ0n) is 10.7. The molecule has 0 radical (unpaired) electrons. The molecule has 0 unspecified atom stereocenters. The Labute approximate surface area is 102 Å². The lowest BCUT2D eigenvalue weighted by atomic mass is 9.81. The van der Waals surface area contributed by atoms with Crippen molar-refractivity contribution >= 4 is 5.97 Å². The number of carbonyl (C=O) groups excluding carboxylic acids is 1. The van der Waals surface area contributed by atoms with Gasteiger partial charge < -0.3 is 9.84 Å². The van der Waals surface area contributed by atoms with Gasteiger partial charge in [-0.25, -0.2) is 4.79 Å². The van der Waals surface area contributed by atoms with E-state index in [1.54, 1.807) is 19.1 Å². The van der Waals surface area contributed by atoms with Crippen molar-refractivity contribution in [3.8, 4) is 0 Å². The van der Waals surface area contributed by atoms with E-state index in [2.05, 4.69) is 13.8 Å². The Bertz CT molecular complexity index is 366. The van der Waals surface area contributed by atoms with Crippen LogP contribution in [0.3, 0.4) is 0 Å². The van der Waals surface area contributed by atoms with Crippen LogP contribution < -0.4 is 0 Å². The average molecular weight is 236 g/mol. The predicted octanol–water partition coefficient (Wildman–Crippen LogP) is 2.52. The Kier molecular flexibility index (Phi) is 4.70. The summed E-state index contributed by atoms with van der Waals surface area (Å²) < 4.78 is 4.92. The molecule has 3 heteroatoms. The van der Waals surface area contributed by atoms with E-state index in [1.807, 2.05) is 12.1 Å². The van der Waals surface area contributed by atoms with Crippen molar-refractivity contribution in [3.63, 3.8) is 0 Å². The summed E-state index contributed by atoms with van der Waals surface area (Å²) in [6, 6.07) is 7.38. The van der Waals surface area contributed by atoms with E-state index in [-0.39, 0.29) is 18.0 Å². The maximum absolute atomic E-state index is 11.5. The van der Waals surface area contributed by atoms with Gasteiger partial charge in [0, 0.05) is 6.61 Å². The largest absolute Gasteiger partial charge is 0.462 e. The molecule has 17 heavy (non-hydrogen) atoms. The molecule has 0 bridgehead atoms. The molecule has 1 N–H and O–H groups in total. The van der Waals surface area contributed by atoms with Gasteiger partial charge in [0.2, 0.25) is 0 Å². The number of aliphatic hydroxyl groups excluding tert-OH is 1. The Morgan fingerprint density at radius 2 is 1.88 bits per heavy atom. The Hall–Kier alpha value is -1.35. The molecular weight excluding hydrogens is 216 g/mol. The fourth-order valence-corrected chi connectivity index (χ4v) is 1.70. The van der Waals surface area contributed by atoms with Crippen LogP contribution in [0.2, 0.25) is 0 Å².